The van der Waals surface area contributed by atoms with E-state index in [9.17, 15) is 5.11 Å². The Morgan fingerprint density at radius 3 is 2.82 bits per heavy atom. The summed E-state index contributed by atoms with van der Waals surface area (Å²) in [5, 5.41) is 18.1. The Bertz CT molecular complexity index is 404. The molecule has 1 aliphatic carbocycles. The van der Waals surface area contributed by atoms with Gasteiger partial charge in [0, 0.05) is 18.8 Å². The van der Waals surface area contributed by atoms with Crippen LogP contribution in [0.1, 0.15) is 37.9 Å². The Kier molecular flexibility index (Phi) is 3.60. The Morgan fingerprint density at radius 1 is 1.59 bits per heavy atom. The molecule has 0 radical (unpaired) electrons. The third-order valence-corrected chi connectivity index (χ3v) is 3.00. The van der Waals surface area contributed by atoms with Crippen molar-refractivity contribution in [3.05, 3.63) is 23.9 Å². The first-order valence-electron chi connectivity index (χ1n) is 6.00. The molecule has 1 aliphatic rings. The summed E-state index contributed by atoms with van der Waals surface area (Å²) in [5.74, 6) is 0.909. The van der Waals surface area contributed by atoms with Crippen molar-refractivity contribution >= 4 is 5.82 Å². The zero-order valence-corrected chi connectivity index (χ0v) is 10.0. The number of nitriles is 1. The van der Waals surface area contributed by atoms with Crippen LogP contribution >= 0.6 is 0 Å². The highest BCUT2D eigenvalue weighted by molar-refractivity contribution is 5.42. The topological polar surface area (TPSA) is 60.1 Å². The molecule has 1 N–H and O–H groups in total. The fourth-order valence-electron chi connectivity index (χ4n) is 1.86. The average Bonchev–Trinajstić information content (AvgIpc) is 3.14. The van der Waals surface area contributed by atoms with E-state index in [4.69, 9.17) is 5.26 Å². The van der Waals surface area contributed by atoms with Gasteiger partial charge in [-0.3, -0.25) is 0 Å². The van der Waals surface area contributed by atoms with Gasteiger partial charge in [0.1, 0.15) is 5.82 Å². The molecule has 0 aliphatic heterocycles. The summed E-state index contributed by atoms with van der Waals surface area (Å²) in [6.45, 7) is 2.47. The standard InChI is InChI=1S/C13H17N3O/c1-10(17)11-3-6-13(15-9-11)16(8-2-7-14)12-4-5-12/h3,6,9-10,12,17H,2,4-5,8H2,1H3/t10-/m0/s1. The summed E-state index contributed by atoms with van der Waals surface area (Å²) in [7, 11) is 0. The van der Waals surface area contributed by atoms with Crippen molar-refractivity contribution < 1.29 is 5.11 Å². The normalized spacial score (nSPS) is 16.3. The Hall–Kier alpha value is -1.60. The molecular formula is C13H17N3O. The van der Waals surface area contributed by atoms with Gasteiger partial charge in [-0.2, -0.15) is 5.26 Å². The quantitative estimate of drug-likeness (QED) is 0.842. The first kappa shape index (κ1) is 11.9. The first-order chi connectivity index (χ1) is 8.22. The lowest BCUT2D eigenvalue weighted by atomic mass is 10.2. The van der Waals surface area contributed by atoms with Crippen molar-refractivity contribution in [1.29, 1.82) is 5.26 Å². The maximum absolute atomic E-state index is 9.42. The van der Waals surface area contributed by atoms with E-state index in [1.54, 1.807) is 13.1 Å². The number of rotatable bonds is 5. The van der Waals surface area contributed by atoms with Crippen LogP contribution in [0.2, 0.25) is 0 Å². The molecule has 1 heterocycles. The van der Waals surface area contributed by atoms with E-state index >= 15 is 0 Å². The number of hydrogen-bond donors (Lipinski definition) is 1. The molecule has 1 fully saturated rings. The van der Waals surface area contributed by atoms with Crippen LogP contribution in [0, 0.1) is 11.3 Å². The zero-order chi connectivity index (χ0) is 12.3. The van der Waals surface area contributed by atoms with Crippen molar-refractivity contribution in [1.82, 2.24) is 4.98 Å². The highest BCUT2D eigenvalue weighted by atomic mass is 16.3. The summed E-state index contributed by atoms with van der Waals surface area (Å²) in [5.41, 5.74) is 0.824. The number of aliphatic hydroxyl groups excluding tert-OH is 1. The first-order valence-corrected chi connectivity index (χ1v) is 6.00. The molecule has 0 bridgehead atoms. The fourth-order valence-corrected chi connectivity index (χ4v) is 1.86. The van der Waals surface area contributed by atoms with Gasteiger partial charge in [0.25, 0.3) is 0 Å². The number of hydrogen-bond acceptors (Lipinski definition) is 4. The van der Waals surface area contributed by atoms with Gasteiger partial charge in [-0.15, -0.1) is 0 Å². The van der Waals surface area contributed by atoms with Crippen LogP contribution in [0.3, 0.4) is 0 Å². The molecule has 2 rings (SSSR count). The molecule has 1 atom stereocenters. The van der Waals surface area contributed by atoms with E-state index in [1.807, 2.05) is 12.1 Å². The lowest BCUT2D eigenvalue weighted by molar-refractivity contribution is 0.199. The van der Waals surface area contributed by atoms with E-state index in [0.717, 1.165) is 17.9 Å². The Labute approximate surface area is 102 Å². The van der Waals surface area contributed by atoms with Gasteiger partial charge in [-0.25, -0.2) is 4.98 Å². The molecule has 1 aromatic rings. The van der Waals surface area contributed by atoms with Gasteiger partial charge in [-0.05, 0) is 31.4 Å². The van der Waals surface area contributed by atoms with Crippen molar-refractivity contribution in [2.75, 3.05) is 11.4 Å². The Balaban J connectivity index is 2.10. The van der Waals surface area contributed by atoms with Gasteiger partial charge in [0.05, 0.1) is 18.6 Å². The maximum atomic E-state index is 9.42. The lowest BCUT2D eigenvalue weighted by Crippen LogP contribution is -2.27. The van der Waals surface area contributed by atoms with Crippen molar-refractivity contribution in [2.24, 2.45) is 0 Å². The van der Waals surface area contributed by atoms with E-state index in [1.165, 1.54) is 12.8 Å². The van der Waals surface area contributed by atoms with Gasteiger partial charge < -0.3 is 10.0 Å². The maximum Gasteiger partial charge on any atom is 0.128 e. The monoisotopic (exact) mass is 231 g/mol. The molecule has 4 nitrogen and oxygen atoms in total. The molecule has 0 amide bonds. The van der Waals surface area contributed by atoms with E-state index in [0.29, 0.717) is 12.5 Å². The number of aromatic nitrogens is 1. The molecule has 0 aromatic carbocycles. The predicted octanol–water partition coefficient (Wildman–Crippen LogP) is 2.02. The van der Waals surface area contributed by atoms with Crippen LogP contribution in [0.15, 0.2) is 18.3 Å². The minimum Gasteiger partial charge on any atom is -0.389 e. The molecule has 0 spiro atoms. The van der Waals surface area contributed by atoms with Gasteiger partial charge >= 0.3 is 0 Å². The average molecular weight is 231 g/mol. The highest BCUT2D eigenvalue weighted by Crippen LogP contribution is 2.30. The van der Waals surface area contributed by atoms with Crippen LogP contribution in [0.5, 0.6) is 0 Å². The van der Waals surface area contributed by atoms with Gasteiger partial charge in [0.15, 0.2) is 0 Å². The molecule has 0 unspecified atom stereocenters. The summed E-state index contributed by atoms with van der Waals surface area (Å²) in [6, 6.07) is 6.55. The van der Waals surface area contributed by atoms with Crippen LogP contribution in [-0.2, 0) is 0 Å². The molecule has 0 saturated heterocycles. The second-order valence-electron chi connectivity index (χ2n) is 4.46. The summed E-state index contributed by atoms with van der Waals surface area (Å²) < 4.78 is 0. The van der Waals surface area contributed by atoms with Crippen molar-refractivity contribution in [3.63, 3.8) is 0 Å². The van der Waals surface area contributed by atoms with Gasteiger partial charge in [0.2, 0.25) is 0 Å². The fraction of sp³-hybridized carbons (Fsp3) is 0.538. The van der Waals surface area contributed by atoms with Crippen molar-refractivity contribution in [2.45, 2.75) is 38.3 Å². The second kappa shape index (κ2) is 5.15. The summed E-state index contributed by atoms with van der Waals surface area (Å²) in [6.07, 6.45) is 4.12. The SMILES string of the molecule is C[C@H](O)c1ccc(N(CCC#N)C2CC2)nc1. The van der Waals surface area contributed by atoms with Gasteiger partial charge in [-0.1, -0.05) is 6.07 Å². The molecular weight excluding hydrogens is 214 g/mol. The Morgan fingerprint density at radius 2 is 2.35 bits per heavy atom. The van der Waals surface area contributed by atoms with Crippen LogP contribution < -0.4 is 4.90 Å². The molecule has 90 valence electrons. The smallest absolute Gasteiger partial charge is 0.128 e. The van der Waals surface area contributed by atoms with Crippen molar-refractivity contribution in [3.8, 4) is 6.07 Å². The second-order valence-corrected chi connectivity index (χ2v) is 4.46. The number of anilines is 1. The molecule has 1 aromatic heterocycles. The number of pyridine rings is 1. The molecule has 17 heavy (non-hydrogen) atoms. The van der Waals surface area contributed by atoms with E-state index in [2.05, 4.69) is 16.0 Å². The van der Waals surface area contributed by atoms with E-state index < -0.39 is 6.10 Å². The largest absolute Gasteiger partial charge is 0.389 e. The van der Waals surface area contributed by atoms with Crippen LogP contribution in [0.4, 0.5) is 5.82 Å². The summed E-state index contributed by atoms with van der Waals surface area (Å²) >= 11 is 0. The third-order valence-electron chi connectivity index (χ3n) is 3.00. The molecule has 4 heteroatoms. The number of aliphatic hydroxyl groups is 1. The summed E-state index contributed by atoms with van der Waals surface area (Å²) in [4.78, 5) is 6.56. The lowest BCUT2D eigenvalue weighted by Gasteiger charge is -2.22. The van der Waals surface area contributed by atoms with E-state index in [-0.39, 0.29) is 0 Å². The zero-order valence-electron chi connectivity index (χ0n) is 10.0. The highest BCUT2D eigenvalue weighted by Gasteiger charge is 2.29. The number of nitrogens with zero attached hydrogens (tertiary/aromatic N) is 3. The van der Waals surface area contributed by atoms with Crippen LogP contribution in [0.25, 0.3) is 0 Å². The predicted molar refractivity (Wildman–Crippen MR) is 65.5 cm³/mol. The van der Waals surface area contributed by atoms with Crippen LogP contribution in [-0.4, -0.2) is 22.7 Å². The minimum absolute atomic E-state index is 0.481. The minimum atomic E-state index is -0.481. The third kappa shape index (κ3) is 2.95. The molecule has 1 saturated carbocycles.